The van der Waals surface area contributed by atoms with E-state index in [9.17, 15) is 4.79 Å². The molecule has 0 aliphatic heterocycles. The Morgan fingerprint density at radius 1 is 1.44 bits per heavy atom. The number of ether oxygens (including phenoxy) is 1. The Balaban J connectivity index is 2.64. The van der Waals surface area contributed by atoms with Crippen molar-refractivity contribution in [1.29, 1.82) is 0 Å². The summed E-state index contributed by atoms with van der Waals surface area (Å²) in [5.41, 5.74) is 0.799. The summed E-state index contributed by atoms with van der Waals surface area (Å²) in [6.07, 6.45) is -1.18. The van der Waals surface area contributed by atoms with Crippen LogP contribution >= 0.6 is 0 Å². The molecule has 1 amide bonds. The second kappa shape index (κ2) is 6.25. The van der Waals surface area contributed by atoms with Crippen LogP contribution in [0.4, 0.5) is 0 Å². The van der Waals surface area contributed by atoms with Gasteiger partial charge in [0.25, 0.3) is 5.91 Å². The molecular formula is C12H17NO3. The fourth-order valence-corrected chi connectivity index (χ4v) is 1.36. The minimum absolute atomic E-state index is 0.228. The molecule has 1 aromatic rings. The smallest absolute Gasteiger partial charge is 0.253 e. The topological polar surface area (TPSA) is 58.6 Å². The maximum Gasteiger partial charge on any atom is 0.253 e. The highest BCUT2D eigenvalue weighted by molar-refractivity contribution is 5.82. The van der Waals surface area contributed by atoms with E-state index in [1.165, 1.54) is 7.11 Å². The molecule has 1 aromatic carbocycles. The third-order valence-corrected chi connectivity index (χ3v) is 2.15. The maximum atomic E-state index is 11.7. The van der Waals surface area contributed by atoms with Crippen LogP contribution in [0.15, 0.2) is 30.3 Å². The largest absolute Gasteiger partial charge is 0.392 e. The maximum absolute atomic E-state index is 11.7. The van der Waals surface area contributed by atoms with Gasteiger partial charge in [-0.15, -0.1) is 0 Å². The van der Waals surface area contributed by atoms with Gasteiger partial charge < -0.3 is 15.2 Å². The molecule has 0 spiro atoms. The van der Waals surface area contributed by atoms with Crippen molar-refractivity contribution in [1.82, 2.24) is 5.32 Å². The molecule has 0 heterocycles. The molecule has 2 atom stereocenters. The Hall–Kier alpha value is -1.39. The zero-order valence-electron chi connectivity index (χ0n) is 9.51. The predicted molar refractivity (Wildman–Crippen MR) is 60.9 cm³/mol. The quantitative estimate of drug-likeness (QED) is 0.778. The van der Waals surface area contributed by atoms with E-state index in [0.717, 1.165) is 5.56 Å². The molecule has 2 N–H and O–H groups in total. The molecule has 0 saturated heterocycles. The number of rotatable bonds is 5. The van der Waals surface area contributed by atoms with E-state index in [1.807, 2.05) is 30.3 Å². The highest BCUT2D eigenvalue weighted by Gasteiger charge is 2.19. The van der Waals surface area contributed by atoms with Crippen LogP contribution in [-0.4, -0.2) is 30.8 Å². The summed E-state index contributed by atoms with van der Waals surface area (Å²) in [5, 5.41) is 11.7. The van der Waals surface area contributed by atoms with Gasteiger partial charge in [0.2, 0.25) is 0 Å². The highest BCUT2D eigenvalue weighted by Crippen LogP contribution is 2.15. The standard InChI is InChI=1S/C12H17NO3/c1-9(14)8-13-12(15)11(16-2)10-6-4-3-5-7-10/h3-7,9,11,14H,8H2,1-2H3,(H,13,15)/t9-,11?/m0/s1. The van der Waals surface area contributed by atoms with Crippen molar-refractivity contribution in [2.24, 2.45) is 0 Å². The molecular weight excluding hydrogens is 206 g/mol. The summed E-state index contributed by atoms with van der Waals surface area (Å²) in [6.45, 7) is 1.84. The normalized spacial score (nSPS) is 14.2. The van der Waals surface area contributed by atoms with Gasteiger partial charge in [-0.3, -0.25) is 4.79 Å². The first-order valence-corrected chi connectivity index (χ1v) is 5.18. The summed E-state index contributed by atoms with van der Waals surface area (Å²) in [5.74, 6) is -0.241. The van der Waals surface area contributed by atoms with Crippen LogP contribution in [0.1, 0.15) is 18.6 Å². The number of aliphatic hydroxyl groups is 1. The van der Waals surface area contributed by atoms with Gasteiger partial charge in [0, 0.05) is 13.7 Å². The summed E-state index contributed by atoms with van der Waals surface area (Å²) in [6, 6.07) is 9.24. The second-order valence-corrected chi connectivity index (χ2v) is 3.62. The van der Waals surface area contributed by atoms with Crippen molar-refractivity contribution in [2.75, 3.05) is 13.7 Å². The minimum Gasteiger partial charge on any atom is -0.392 e. The first-order chi connectivity index (χ1) is 7.65. The molecule has 0 saturated carbocycles. The van der Waals surface area contributed by atoms with E-state index in [0.29, 0.717) is 0 Å². The van der Waals surface area contributed by atoms with Crippen molar-refractivity contribution in [3.8, 4) is 0 Å². The molecule has 0 aliphatic rings. The van der Waals surface area contributed by atoms with Crippen LogP contribution in [0.5, 0.6) is 0 Å². The van der Waals surface area contributed by atoms with Crippen LogP contribution in [0.3, 0.4) is 0 Å². The van der Waals surface area contributed by atoms with Gasteiger partial charge in [0.1, 0.15) is 0 Å². The fraction of sp³-hybridized carbons (Fsp3) is 0.417. The SMILES string of the molecule is COC(C(=O)NC[C@H](C)O)c1ccccc1. The lowest BCUT2D eigenvalue weighted by atomic mass is 10.1. The molecule has 1 rings (SSSR count). The average molecular weight is 223 g/mol. The van der Waals surface area contributed by atoms with E-state index in [1.54, 1.807) is 6.92 Å². The van der Waals surface area contributed by atoms with Gasteiger partial charge in [-0.25, -0.2) is 0 Å². The molecule has 0 bridgehead atoms. The summed E-state index contributed by atoms with van der Waals surface area (Å²) < 4.78 is 5.14. The van der Waals surface area contributed by atoms with Crippen LogP contribution in [0, 0.1) is 0 Å². The van der Waals surface area contributed by atoms with E-state index < -0.39 is 12.2 Å². The molecule has 16 heavy (non-hydrogen) atoms. The van der Waals surface area contributed by atoms with Crippen LogP contribution in [-0.2, 0) is 9.53 Å². The average Bonchev–Trinajstić information content (AvgIpc) is 2.29. The Morgan fingerprint density at radius 3 is 2.56 bits per heavy atom. The fourth-order valence-electron chi connectivity index (χ4n) is 1.36. The number of aliphatic hydroxyl groups excluding tert-OH is 1. The number of methoxy groups -OCH3 is 1. The lowest BCUT2D eigenvalue weighted by molar-refractivity contribution is -0.131. The first-order valence-electron chi connectivity index (χ1n) is 5.18. The predicted octanol–water partition coefficient (Wildman–Crippen LogP) is 0.871. The molecule has 4 nitrogen and oxygen atoms in total. The first kappa shape index (κ1) is 12.7. The van der Waals surface area contributed by atoms with Crippen molar-refractivity contribution in [3.05, 3.63) is 35.9 Å². The van der Waals surface area contributed by atoms with Gasteiger partial charge in [-0.1, -0.05) is 30.3 Å². The molecule has 4 heteroatoms. The lowest BCUT2D eigenvalue weighted by Crippen LogP contribution is -2.35. The molecule has 1 unspecified atom stereocenters. The van der Waals surface area contributed by atoms with Gasteiger partial charge in [0.15, 0.2) is 6.10 Å². The number of benzene rings is 1. The number of hydrogen-bond donors (Lipinski definition) is 2. The van der Waals surface area contributed by atoms with Crippen LogP contribution < -0.4 is 5.32 Å². The zero-order chi connectivity index (χ0) is 12.0. The minimum atomic E-state index is -0.625. The number of hydrogen-bond acceptors (Lipinski definition) is 3. The Bertz CT molecular complexity index is 324. The lowest BCUT2D eigenvalue weighted by Gasteiger charge is -2.16. The van der Waals surface area contributed by atoms with E-state index in [-0.39, 0.29) is 12.5 Å². The molecule has 0 aromatic heterocycles. The van der Waals surface area contributed by atoms with Gasteiger partial charge in [-0.2, -0.15) is 0 Å². The number of carbonyl (C=O) groups is 1. The third-order valence-electron chi connectivity index (χ3n) is 2.15. The highest BCUT2D eigenvalue weighted by atomic mass is 16.5. The Kier molecular flexibility index (Phi) is 4.95. The van der Waals surface area contributed by atoms with Crippen molar-refractivity contribution in [3.63, 3.8) is 0 Å². The number of amides is 1. The third kappa shape index (κ3) is 3.64. The monoisotopic (exact) mass is 223 g/mol. The molecule has 0 aliphatic carbocycles. The molecule has 0 radical (unpaired) electrons. The van der Waals surface area contributed by atoms with E-state index >= 15 is 0 Å². The second-order valence-electron chi connectivity index (χ2n) is 3.62. The molecule has 0 fully saturated rings. The summed E-state index contributed by atoms with van der Waals surface area (Å²) in [4.78, 5) is 11.7. The summed E-state index contributed by atoms with van der Waals surface area (Å²) >= 11 is 0. The number of carbonyl (C=O) groups excluding carboxylic acids is 1. The van der Waals surface area contributed by atoms with Crippen LogP contribution in [0.25, 0.3) is 0 Å². The van der Waals surface area contributed by atoms with Gasteiger partial charge in [-0.05, 0) is 12.5 Å². The zero-order valence-corrected chi connectivity index (χ0v) is 9.51. The number of nitrogens with one attached hydrogen (secondary N) is 1. The Morgan fingerprint density at radius 2 is 2.06 bits per heavy atom. The Labute approximate surface area is 95.2 Å². The van der Waals surface area contributed by atoms with Crippen molar-refractivity contribution in [2.45, 2.75) is 19.1 Å². The van der Waals surface area contributed by atoms with E-state index in [4.69, 9.17) is 9.84 Å². The van der Waals surface area contributed by atoms with Gasteiger partial charge in [0.05, 0.1) is 6.10 Å². The molecule has 88 valence electrons. The summed E-state index contributed by atoms with van der Waals surface area (Å²) in [7, 11) is 1.49. The van der Waals surface area contributed by atoms with Crippen molar-refractivity contribution >= 4 is 5.91 Å². The van der Waals surface area contributed by atoms with Crippen molar-refractivity contribution < 1.29 is 14.6 Å². The van der Waals surface area contributed by atoms with Crippen LogP contribution in [0.2, 0.25) is 0 Å². The van der Waals surface area contributed by atoms with Gasteiger partial charge >= 0.3 is 0 Å². The van der Waals surface area contributed by atoms with E-state index in [2.05, 4.69) is 5.32 Å².